The van der Waals surface area contributed by atoms with Crippen LogP contribution in [0.1, 0.15) is 26.2 Å². The van der Waals surface area contributed by atoms with Gasteiger partial charge in [0, 0.05) is 24.4 Å². The van der Waals surface area contributed by atoms with Gasteiger partial charge in [-0.3, -0.25) is 0 Å². The van der Waals surface area contributed by atoms with Crippen molar-refractivity contribution in [3.05, 3.63) is 0 Å². The number of halogens is 2. The van der Waals surface area contributed by atoms with Crippen LogP contribution in [-0.4, -0.2) is 37.6 Å². The molecular weight excluding hydrogens is 324 g/mol. The highest BCUT2D eigenvalue weighted by Gasteiger charge is 2.26. The van der Waals surface area contributed by atoms with Crippen molar-refractivity contribution in [2.45, 2.75) is 26.2 Å². The zero-order chi connectivity index (χ0) is 11.6. The van der Waals surface area contributed by atoms with Crippen LogP contribution in [0, 0.1) is 5.41 Å². The van der Waals surface area contributed by atoms with Crippen molar-refractivity contribution in [2.24, 2.45) is 5.41 Å². The lowest BCUT2D eigenvalue weighted by Gasteiger charge is -2.29. The second-order valence-corrected chi connectivity index (χ2v) is 4.99. The molecule has 0 heterocycles. The standard InChI is InChI=1S/C11H22Br2O2/c1-3-4-11(9-12,10-13)5-6-15-8-7-14-2/h3-10H2,1-2H3. The van der Waals surface area contributed by atoms with E-state index in [4.69, 9.17) is 9.47 Å². The third-order valence-corrected chi connectivity index (χ3v) is 4.93. The van der Waals surface area contributed by atoms with Gasteiger partial charge in [-0.1, -0.05) is 45.2 Å². The molecule has 0 bridgehead atoms. The molecule has 0 amide bonds. The number of methoxy groups -OCH3 is 1. The molecule has 0 unspecified atom stereocenters. The molecule has 0 N–H and O–H groups in total. The molecule has 0 aromatic rings. The van der Waals surface area contributed by atoms with Crippen LogP contribution in [0.2, 0.25) is 0 Å². The van der Waals surface area contributed by atoms with Crippen LogP contribution >= 0.6 is 31.9 Å². The molecule has 4 heteroatoms. The van der Waals surface area contributed by atoms with Crippen LogP contribution in [0.4, 0.5) is 0 Å². The second-order valence-electron chi connectivity index (χ2n) is 3.87. The van der Waals surface area contributed by atoms with Crippen LogP contribution in [0.5, 0.6) is 0 Å². The maximum absolute atomic E-state index is 5.51. The minimum atomic E-state index is 0.349. The summed E-state index contributed by atoms with van der Waals surface area (Å²) in [5.41, 5.74) is 0.349. The van der Waals surface area contributed by atoms with E-state index in [1.807, 2.05) is 0 Å². The van der Waals surface area contributed by atoms with Gasteiger partial charge in [-0.2, -0.15) is 0 Å². The summed E-state index contributed by atoms with van der Waals surface area (Å²) in [5.74, 6) is 0. The van der Waals surface area contributed by atoms with Gasteiger partial charge in [0.15, 0.2) is 0 Å². The largest absolute Gasteiger partial charge is 0.382 e. The molecule has 0 aliphatic rings. The summed E-state index contributed by atoms with van der Waals surface area (Å²) in [4.78, 5) is 0. The van der Waals surface area contributed by atoms with Crippen molar-refractivity contribution < 1.29 is 9.47 Å². The topological polar surface area (TPSA) is 18.5 Å². The van der Waals surface area contributed by atoms with Crippen LogP contribution < -0.4 is 0 Å². The summed E-state index contributed by atoms with van der Waals surface area (Å²) in [5, 5.41) is 2.07. The maximum Gasteiger partial charge on any atom is 0.0700 e. The van der Waals surface area contributed by atoms with E-state index in [1.165, 1.54) is 12.8 Å². The van der Waals surface area contributed by atoms with Crippen molar-refractivity contribution in [1.29, 1.82) is 0 Å². The Morgan fingerprint density at radius 1 is 1.00 bits per heavy atom. The predicted octanol–water partition coefficient (Wildman–Crippen LogP) is 3.62. The molecule has 92 valence electrons. The Labute approximate surface area is 110 Å². The highest BCUT2D eigenvalue weighted by molar-refractivity contribution is 9.09. The van der Waals surface area contributed by atoms with E-state index in [1.54, 1.807) is 7.11 Å². The van der Waals surface area contributed by atoms with E-state index in [0.717, 1.165) is 23.7 Å². The SMILES string of the molecule is CCCC(CBr)(CBr)CCOCCOC. The van der Waals surface area contributed by atoms with Gasteiger partial charge in [-0.15, -0.1) is 0 Å². The normalized spacial score (nSPS) is 12.0. The summed E-state index contributed by atoms with van der Waals surface area (Å²) in [6.45, 7) is 4.43. The minimum Gasteiger partial charge on any atom is -0.382 e. The molecule has 0 spiro atoms. The van der Waals surface area contributed by atoms with Crippen molar-refractivity contribution in [1.82, 2.24) is 0 Å². The molecule has 0 saturated heterocycles. The Hall–Kier alpha value is 0.880. The lowest BCUT2D eigenvalue weighted by atomic mass is 9.85. The maximum atomic E-state index is 5.51. The fourth-order valence-corrected chi connectivity index (χ4v) is 3.54. The van der Waals surface area contributed by atoms with Gasteiger partial charge in [0.25, 0.3) is 0 Å². The molecule has 0 rings (SSSR count). The number of hydrogen-bond acceptors (Lipinski definition) is 2. The van der Waals surface area contributed by atoms with Gasteiger partial charge in [-0.05, 0) is 18.3 Å². The molecule has 0 fully saturated rings. The van der Waals surface area contributed by atoms with Crippen molar-refractivity contribution in [2.75, 3.05) is 37.6 Å². The lowest BCUT2D eigenvalue weighted by molar-refractivity contribution is 0.0562. The molecule has 0 aromatic heterocycles. The summed E-state index contributed by atoms with van der Waals surface area (Å²) >= 11 is 7.21. The zero-order valence-electron chi connectivity index (χ0n) is 9.73. The van der Waals surface area contributed by atoms with E-state index in [-0.39, 0.29) is 0 Å². The lowest BCUT2D eigenvalue weighted by Crippen LogP contribution is -2.26. The van der Waals surface area contributed by atoms with Crippen LogP contribution in [0.15, 0.2) is 0 Å². The summed E-state index contributed by atoms with van der Waals surface area (Å²) in [7, 11) is 1.70. The Balaban J connectivity index is 3.74. The summed E-state index contributed by atoms with van der Waals surface area (Å²) in [6.07, 6.45) is 3.55. The molecule has 15 heavy (non-hydrogen) atoms. The third-order valence-electron chi connectivity index (χ3n) is 2.56. The monoisotopic (exact) mass is 344 g/mol. The predicted molar refractivity (Wildman–Crippen MR) is 72.2 cm³/mol. The molecule has 0 aromatic carbocycles. The Morgan fingerprint density at radius 3 is 2.13 bits per heavy atom. The van der Waals surface area contributed by atoms with E-state index < -0.39 is 0 Å². The Bertz CT molecular complexity index is 139. The van der Waals surface area contributed by atoms with Gasteiger partial charge >= 0.3 is 0 Å². The first-order valence-corrected chi connectivity index (χ1v) is 7.67. The van der Waals surface area contributed by atoms with Gasteiger partial charge in [-0.25, -0.2) is 0 Å². The van der Waals surface area contributed by atoms with E-state index in [2.05, 4.69) is 38.8 Å². The quantitative estimate of drug-likeness (QED) is 0.444. The van der Waals surface area contributed by atoms with Gasteiger partial charge in [0.05, 0.1) is 13.2 Å². The first kappa shape index (κ1) is 15.9. The van der Waals surface area contributed by atoms with Crippen LogP contribution in [-0.2, 0) is 9.47 Å². The van der Waals surface area contributed by atoms with Gasteiger partial charge < -0.3 is 9.47 Å². The number of hydrogen-bond donors (Lipinski definition) is 0. The van der Waals surface area contributed by atoms with Gasteiger partial charge in [0.2, 0.25) is 0 Å². The van der Waals surface area contributed by atoms with Crippen LogP contribution in [0.3, 0.4) is 0 Å². The van der Waals surface area contributed by atoms with E-state index in [0.29, 0.717) is 18.6 Å². The molecular formula is C11H22Br2O2. The fraction of sp³-hybridized carbons (Fsp3) is 1.00. The molecule has 0 radical (unpaired) electrons. The first-order valence-electron chi connectivity index (χ1n) is 5.43. The van der Waals surface area contributed by atoms with E-state index >= 15 is 0 Å². The number of rotatable bonds is 10. The molecule has 0 atom stereocenters. The molecule has 0 saturated carbocycles. The average molecular weight is 346 g/mol. The Kier molecular flexibility index (Phi) is 10.7. The van der Waals surface area contributed by atoms with Crippen molar-refractivity contribution >= 4 is 31.9 Å². The molecule has 2 nitrogen and oxygen atoms in total. The van der Waals surface area contributed by atoms with E-state index in [9.17, 15) is 0 Å². The highest BCUT2D eigenvalue weighted by atomic mass is 79.9. The number of ether oxygens (including phenoxy) is 2. The smallest absolute Gasteiger partial charge is 0.0700 e. The molecule has 0 aliphatic carbocycles. The Morgan fingerprint density at radius 2 is 1.67 bits per heavy atom. The minimum absolute atomic E-state index is 0.349. The summed E-state index contributed by atoms with van der Waals surface area (Å²) in [6, 6.07) is 0. The van der Waals surface area contributed by atoms with Crippen molar-refractivity contribution in [3.63, 3.8) is 0 Å². The number of alkyl halides is 2. The highest BCUT2D eigenvalue weighted by Crippen LogP contribution is 2.32. The first-order chi connectivity index (χ1) is 7.24. The van der Waals surface area contributed by atoms with Crippen LogP contribution in [0.25, 0.3) is 0 Å². The van der Waals surface area contributed by atoms with Gasteiger partial charge in [0.1, 0.15) is 0 Å². The fourth-order valence-electron chi connectivity index (χ4n) is 1.49. The average Bonchev–Trinajstić information content (AvgIpc) is 2.27. The third kappa shape index (κ3) is 6.93. The van der Waals surface area contributed by atoms with Crippen molar-refractivity contribution in [3.8, 4) is 0 Å². The summed E-state index contributed by atoms with van der Waals surface area (Å²) < 4.78 is 10.4. The second kappa shape index (κ2) is 10.1. The molecule has 0 aliphatic heterocycles. The zero-order valence-corrected chi connectivity index (χ0v) is 12.9.